The molecule has 1 amide bonds. The Balaban J connectivity index is 1.53. The number of rotatable bonds is 7. The van der Waals surface area contributed by atoms with Crippen molar-refractivity contribution in [1.82, 2.24) is 4.90 Å². The summed E-state index contributed by atoms with van der Waals surface area (Å²) in [5, 5.41) is 3.06. The fraction of sp³-hybridized carbons (Fsp3) is 0.435. The lowest BCUT2D eigenvalue weighted by atomic mass is 9.95. The summed E-state index contributed by atoms with van der Waals surface area (Å²) in [6.07, 6.45) is 1.73. The molecule has 0 aromatic heterocycles. The van der Waals surface area contributed by atoms with Crippen molar-refractivity contribution in [1.29, 1.82) is 0 Å². The Bertz CT molecular complexity index is 798. The predicted octanol–water partition coefficient (Wildman–Crippen LogP) is 4.25. The van der Waals surface area contributed by atoms with Crippen LogP contribution in [0.25, 0.3) is 0 Å². The lowest BCUT2D eigenvalue weighted by Crippen LogP contribution is -2.37. The van der Waals surface area contributed by atoms with E-state index in [9.17, 15) is 4.79 Å². The zero-order chi connectivity index (χ0) is 19.9. The Hall–Kier alpha value is -2.53. The van der Waals surface area contributed by atoms with Crippen LogP contribution in [0.2, 0.25) is 0 Å². The number of hydrogen-bond donors (Lipinski definition) is 1. The normalized spacial score (nSPS) is 15.2. The van der Waals surface area contributed by atoms with Crippen LogP contribution in [-0.4, -0.2) is 37.6 Å². The molecule has 2 aromatic carbocycles. The number of hydrogen-bond acceptors (Lipinski definition) is 4. The van der Waals surface area contributed by atoms with Crippen molar-refractivity contribution in [3.05, 3.63) is 53.6 Å². The number of benzene rings is 2. The first kappa shape index (κ1) is 20.2. The number of anilines is 1. The third-order valence-corrected chi connectivity index (χ3v) is 5.19. The largest absolute Gasteiger partial charge is 0.495 e. The highest BCUT2D eigenvalue weighted by Crippen LogP contribution is 2.27. The van der Waals surface area contributed by atoms with Gasteiger partial charge >= 0.3 is 0 Å². The quantitative estimate of drug-likeness (QED) is 0.778. The van der Waals surface area contributed by atoms with Crippen molar-refractivity contribution in [2.45, 2.75) is 33.2 Å². The zero-order valence-electron chi connectivity index (χ0n) is 17.0. The Kier molecular flexibility index (Phi) is 6.93. The number of ether oxygens (including phenoxy) is 2. The number of methoxy groups -OCH3 is 1. The van der Waals surface area contributed by atoms with Gasteiger partial charge in [0, 0.05) is 12.5 Å². The number of amides is 1. The van der Waals surface area contributed by atoms with E-state index in [1.807, 2.05) is 44.2 Å². The summed E-state index contributed by atoms with van der Waals surface area (Å²) in [7, 11) is 1.62. The maximum Gasteiger partial charge on any atom is 0.227 e. The summed E-state index contributed by atoms with van der Waals surface area (Å²) < 4.78 is 11.0. The molecule has 0 aliphatic carbocycles. The first-order valence-electron chi connectivity index (χ1n) is 9.98. The zero-order valence-corrected chi connectivity index (χ0v) is 17.0. The molecular formula is C23H30N2O3. The summed E-state index contributed by atoms with van der Waals surface area (Å²) in [5.41, 5.74) is 3.10. The molecule has 1 fully saturated rings. The minimum atomic E-state index is 0.0382. The summed E-state index contributed by atoms with van der Waals surface area (Å²) in [5.74, 6) is 1.74. The molecule has 0 radical (unpaired) electrons. The van der Waals surface area contributed by atoms with Crippen LogP contribution in [0.15, 0.2) is 42.5 Å². The molecule has 0 unspecified atom stereocenters. The van der Waals surface area contributed by atoms with E-state index >= 15 is 0 Å². The molecule has 2 aromatic rings. The highest BCUT2D eigenvalue weighted by atomic mass is 16.5. The lowest BCUT2D eigenvalue weighted by Gasteiger charge is -2.31. The van der Waals surface area contributed by atoms with Gasteiger partial charge in [0.2, 0.25) is 5.91 Å². The van der Waals surface area contributed by atoms with Gasteiger partial charge in [0.25, 0.3) is 0 Å². The van der Waals surface area contributed by atoms with Crippen LogP contribution in [0.4, 0.5) is 5.69 Å². The molecule has 1 aliphatic heterocycles. The number of aryl methyl sites for hydroxylation is 1. The molecule has 5 heteroatoms. The van der Waals surface area contributed by atoms with E-state index in [2.05, 4.69) is 22.3 Å². The van der Waals surface area contributed by atoms with E-state index in [-0.39, 0.29) is 11.8 Å². The molecule has 0 bridgehead atoms. The SMILES string of the molecule is CCOc1cccc(CN2CCC(C(=O)Nc3cc(C)ccc3OC)CC2)c1. The highest BCUT2D eigenvalue weighted by molar-refractivity contribution is 5.94. The standard InChI is InChI=1S/C23H30N2O3/c1-4-28-20-7-5-6-18(15-20)16-25-12-10-19(11-13-25)23(26)24-21-14-17(2)8-9-22(21)27-3/h5-9,14-15,19H,4,10-13,16H2,1-3H3,(H,24,26). The fourth-order valence-corrected chi connectivity index (χ4v) is 3.67. The Morgan fingerprint density at radius 3 is 2.68 bits per heavy atom. The number of nitrogens with zero attached hydrogens (tertiary/aromatic N) is 1. The van der Waals surface area contributed by atoms with Gasteiger partial charge in [0.1, 0.15) is 11.5 Å². The van der Waals surface area contributed by atoms with Crippen molar-refractivity contribution < 1.29 is 14.3 Å². The average Bonchev–Trinajstić information content (AvgIpc) is 2.69. The van der Waals surface area contributed by atoms with E-state index in [0.717, 1.165) is 49.5 Å². The van der Waals surface area contributed by atoms with E-state index in [4.69, 9.17) is 9.47 Å². The summed E-state index contributed by atoms with van der Waals surface area (Å²) in [6, 6.07) is 14.1. The molecule has 150 valence electrons. The van der Waals surface area contributed by atoms with Crippen molar-refractivity contribution in [3.63, 3.8) is 0 Å². The molecule has 1 aliphatic rings. The van der Waals surface area contributed by atoms with Crippen molar-refractivity contribution in [3.8, 4) is 11.5 Å². The molecule has 1 saturated heterocycles. The van der Waals surface area contributed by atoms with Gasteiger partial charge < -0.3 is 14.8 Å². The van der Waals surface area contributed by atoms with Gasteiger partial charge in [0.05, 0.1) is 19.4 Å². The van der Waals surface area contributed by atoms with Gasteiger partial charge in [-0.3, -0.25) is 9.69 Å². The van der Waals surface area contributed by atoms with Crippen LogP contribution in [-0.2, 0) is 11.3 Å². The predicted molar refractivity (Wildman–Crippen MR) is 112 cm³/mol. The maximum atomic E-state index is 12.7. The third kappa shape index (κ3) is 5.26. The first-order chi connectivity index (χ1) is 13.6. The van der Waals surface area contributed by atoms with Crippen molar-refractivity contribution >= 4 is 11.6 Å². The van der Waals surface area contributed by atoms with E-state index in [1.54, 1.807) is 7.11 Å². The Labute approximate surface area is 167 Å². The van der Waals surface area contributed by atoms with Gasteiger partial charge in [-0.05, 0) is 75.2 Å². The van der Waals surface area contributed by atoms with Crippen molar-refractivity contribution in [2.75, 3.05) is 32.1 Å². The number of nitrogens with one attached hydrogen (secondary N) is 1. The maximum absolute atomic E-state index is 12.7. The molecule has 0 spiro atoms. The number of likely N-dealkylation sites (tertiary alicyclic amines) is 1. The second kappa shape index (κ2) is 9.60. The summed E-state index contributed by atoms with van der Waals surface area (Å²) in [6.45, 7) is 7.41. The topological polar surface area (TPSA) is 50.8 Å². The van der Waals surface area contributed by atoms with Gasteiger partial charge in [-0.1, -0.05) is 18.2 Å². The third-order valence-electron chi connectivity index (χ3n) is 5.19. The van der Waals surface area contributed by atoms with Gasteiger partial charge in [-0.15, -0.1) is 0 Å². The minimum Gasteiger partial charge on any atom is -0.495 e. The van der Waals surface area contributed by atoms with Gasteiger partial charge in [-0.2, -0.15) is 0 Å². The van der Waals surface area contributed by atoms with E-state index < -0.39 is 0 Å². The average molecular weight is 383 g/mol. The lowest BCUT2D eigenvalue weighted by molar-refractivity contribution is -0.121. The number of carbonyl (C=O) groups is 1. The second-order valence-corrected chi connectivity index (χ2v) is 7.32. The fourth-order valence-electron chi connectivity index (χ4n) is 3.67. The van der Waals surface area contributed by atoms with E-state index in [0.29, 0.717) is 12.4 Å². The molecule has 3 rings (SSSR count). The van der Waals surface area contributed by atoms with Crippen LogP contribution in [0.1, 0.15) is 30.9 Å². The van der Waals surface area contributed by atoms with Gasteiger partial charge in [-0.25, -0.2) is 0 Å². The Morgan fingerprint density at radius 1 is 1.18 bits per heavy atom. The molecule has 1 N–H and O–H groups in total. The van der Waals surface area contributed by atoms with Crippen LogP contribution in [0.3, 0.4) is 0 Å². The van der Waals surface area contributed by atoms with Gasteiger partial charge in [0.15, 0.2) is 0 Å². The monoisotopic (exact) mass is 382 g/mol. The highest BCUT2D eigenvalue weighted by Gasteiger charge is 2.25. The first-order valence-corrected chi connectivity index (χ1v) is 9.98. The molecule has 28 heavy (non-hydrogen) atoms. The van der Waals surface area contributed by atoms with Crippen molar-refractivity contribution in [2.24, 2.45) is 5.92 Å². The number of piperidine rings is 1. The van der Waals surface area contributed by atoms with Crippen LogP contribution in [0, 0.1) is 12.8 Å². The molecular weight excluding hydrogens is 352 g/mol. The van der Waals surface area contributed by atoms with Crippen LogP contribution in [0.5, 0.6) is 11.5 Å². The number of carbonyl (C=O) groups excluding carboxylic acids is 1. The smallest absolute Gasteiger partial charge is 0.227 e. The van der Waals surface area contributed by atoms with E-state index in [1.165, 1.54) is 5.56 Å². The van der Waals surface area contributed by atoms with Crippen LogP contribution < -0.4 is 14.8 Å². The van der Waals surface area contributed by atoms with Crippen LogP contribution >= 0.6 is 0 Å². The molecule has 5 nitrogen and oxygen atoms in total. The Morgan fingerprint density at radius 2 is 1.96 bits per heavy atom. The minimum absolute atomic E-state index is 0.0382. The second-order valence-electron chi connectivity index (χ2n) is 7.32. The molecule has 0 atom stereocenters. The summed E-state index contributed by atoms with van der Waals surface area (Å²) >= 11 is 0. The summed E-state index contributed by atoms with van der Waals surface area (Å²) in [4.78, 5) is 15.1. The molecule has 0 saturated carbocycles. The molecule has 1 heterocycles.